The Balaban J connectivity index is 2.03. The van der Waals surface area contributed by atoms with Crippen LogP contribution < -0.4 is 14.8 Å². The Bertz CT molecular complexity index is 732. The summed E-state index contributed by atoms with van der Waals surface area (Å²) in [5.41, 5.74) is 2.23. The first-order valence-electron chi connectivity index (χ1n) is 9.16. The van der Waals surface area contributed by atoms with Crippen LogP contribution >= 0.6 is 0 Å². The largest absolute Gasteiger partial charge is 0.493 e. The highest BCUT2D eigenvalue weighted by Gasteiger charge is 2.20. The molecule has 2 atom stereocenters. The molecule has 0 aliphatic rings. The molecule has 0 radical (unpaired) electrons. The van der Waals surface area contributed by atoms with Crippen molar-refractivity contribution in [3.63, 3.8) is 0 Å². The zero-order chi connectivity index (χ0) is 19.8. The molecule has 27 heavy (non-hydrogen) atoms. The van der Waals surface area contributed by atoms with E-state index >= 15 is 0 Å². The third-order valence-corrected chi connectivity index (χ3v) is 4.72. The number of hydrogen-bond acceptors (Lipinski definition) is 4. The van der Waals surface area contributed by atoms with Crippen LogP contribution in [0.5, 0.6) is 11.5 Å². The molecule has 2 unspecified atom stereocenters. The molecule has 2 aromatic rings. The number of rotatable bonds is 9. The van der Waals surface area contributed by atoms with Crippen molar-refractivity contribution >= 4 is 5.91 Å². The Kier molecular flexibility index (Phi) is 7.67. The van der Waals surface area contributed by atoms with Gasteiger partial charge < -0.3 is 19.7 Å². The zero-order valence-corrected chi connectivity index (χ0v) is 16.9. The van der Waals surface area contributed by atoms with Crippen LogP contribution in [0, 0.1) is 5.92 Å². The number of amides is 1. The number of likely N-dealkylation sites (N-methyl/N-ethyl adjacent to an activating group) is 1. The van der Waals surface area contributed by atoms with Gasteiger partial charge in [-0.3, -0.25) is 4.79 Å². The summed E-state index contributed by atoms with van der Waals surface area (Å²) >= 11 is 0. The van der Waals surface area contributed by atoms with Crippen molar-refractivity contribution in [3.8, 4) is 11.5 Å². The average molecular weight is 370 g/mol. The molecule has 1 N–H and O–H groups in total. The average Bonchev–Trinajstić information content (AvgIpc) is 2.68. The van der Waals surface area contributed by atoms with Crippen molar-refractivity contribution in [2.45, 2.75) is 19.4 Å². The molecular formula is C22H30N2O3. The number of methoxy groups -OCH3 is 2. The second-order valence-corrected chi connectivity index (χ2v) is 6.93. The number of carbonyl (C=O) groups excluding carboxylic acids is 1. The minimum atomic E-state index is -0.0828. The number of nitrogens with one attached hydrogen (secondary N) is 1. The molecule has 2 rings (SSSR count). The fraction of sp³-hybridized carbons (Fsp3) is 0.409. The third-order valence-electron chi connectivity index (χ3n) is 4.72. The Morgan fingerprint density at radius 1 is 1.04 bits per heavy atom. The van der Waals surface area contributed by atoms with Gasteiger partial charge in [-0.2, -0.15) is 0 Å². The SMILES string of the molecule is COc1ccc(C(CNC(=O)C(C)Cc2ccccc2)N(C)C)cc1OC. The molecule has 146 valence electrons. The van der Waals surface area contributed by atoms with Crippen molar-refractivity contribution in [2.75, 3.05) is 34.9 Å². The summed E-state index contributed by atoms with van der Waals surface area (Å²) in [5, 5.41) is 3.10. The van der Waals surface area contributed by atoms with Crippen LogP contribution in [0.1, 0.15) is 24.1 Å². The van der Waals surface area contributed by atoms with Crippen LogP contribution in [0.3, 0.4) is 0 Å². The van der Waals surface area contributed by atoms with Crippen molar-refractivity contribution in [3.05, 3.63) is 59.7 Å². The van der Waals surface area contributed by atoms with Crippen molar-refractivity contribution < 1.29 is 14.3 Å². The quantitative estimate of drug-likeness (QED) is 0.736. The van der Waals surface area contributed by atoms with E-state index in [1.54, 1.807) is 14.2 Å². The Hall–Kier alpha value is -2.53. The molecule has 5 nitrogen and oxygen atoms in total. The summed E-state index contributed by atoms with van der Waals surface area (Å²) in [4.78, 5) is 14.6. The number of benzene rings is 2. The van der Waals surface area contributed by atoms with Gasteiger partial charge in [0.15, 0.2) is 11.5 Å². The predicted octanol–water partition coefficient (Wildman–Crippen LogP) is 3.30. The van der Waals surface area contributed by atoms with Crippen LogP contribution in [-0.4, -0.2) is 45.7 Å². The van der Waals surface area contributed by atoms with Gasteiger partial charge in [-0.25, -0.2) is 0 Å². The van der Waals surface area contributed by atoms with Gasteiger partial charge in [0.05, 0.1) is 20.3 Å². The fourth-order valence-corrected chi connectivity index (χ4v) is 3.09. The van der Waals surface area contributed by atoms with Gasteiger partial charge in [0.1, 0.15) is 0 Å². The summed E-state index contributed by atoms with van der Waals surface area (Å²) in [7, 11) is 7.25. The Morgan fingerprint density at radius 2 is 1.70 bits per heavy atom. The Morgan fingerprint density at radius 3 is 2.30 bits per heavy atom. The highest BCUT2D eigenvalue weighted by Crippen LogP contribution is 2.31. The molecule has 0 fully saturated rings. The molecular weight excluding hydrogens is 340 g/mol. The van der Waals surface area contributed by atoms with Crippen LogP contribution in [-0.2, 0) is 11.2 Å². The highest BCUT2D eigenvalue weighted by atomic mass is 16.5. The van der Waals surface area contributed by atoms with E-state index in [0.29, 0.717) is 18.0 Å². The molecule has 0 aliphatic carbocycles. The van der Waals surface area contributed by atoms with Crippen molar-refractivity contribution in [2.24, 2.45) is 5.92 Å². The molecule has 0 heterocycles. The highest BCUT2D eigenvalue weighted by molar-refractivity contribution is 5.78. The lowest BCUT2D eigenvalue weighted by Gasteiger charge is -2.26. The molecule has 0 aliphatic heterocycles. The smallest absolute Gasteiger partial charge is 0.223 e. The van der Waals surface area contributed by atoms with E-state index in [0.717, 1.165) is 12.0 Å². The topological polar surface area (TPSA) is 50.8 Å². The summed E-state index contributed by atoms with van der Waals surface area (Å²) in [6, 6.07) is 16.0. The first-order chi connectivity index (χ1) is 13.0. The van der Waals surface area contributed by atoms with Crippen molar-refractivity contribution in [1.29, 1.82) is 0 Å². The van der Waals surface area contributed by atoms with Gasteiger partial charge in [-0.05, 0) is 43.8 Å². The number of nitrogens with zero attached hydrogens (tertiary/aromatic N) is 1. The predicted molar refractivity (Wildman–Crippen MR) is 108 cm³/mol. The molecule has 0 bridgehead atoms. The van der Waals surface area contributed by atoms with Gasteiger partial charge >= 0.3 is 0 Å². The van der Waals surface area contributed by atoms with E-state index in [-0.39, 0.29) is 17.9 Å². The Labute approximate surface area is 162 Å². The molecule has 0 saturated carbocycles. The second kappa shape index (κ2) is 9.97. The first kappa shape index (κ1) is 20.8. The molecule has 0 spiro atoms. The lowest BCUT2D eigenvalue weighted by molar-refractivity contribution is -0.124. The summed E-state index contributed by atoms with van der Waals surface area (Å²) in [6.07, 6.45) is 0.732. The van der Waals surface area contributed by atoms with Crippen LogP contribution in [0.25, 0.3) is 0 Å². The lowest BCUT2D eigenvalue weighted by atomic mass is 10.00. The lowest BCUT2D eigenvalue weighted by Crippen LogP contribution is -2.37. The maximum atomic E-state index is 12.6. The molecule has 0 saturated heterocycles. The molecule has 2 aromatic carbocycles. The van der Waals surface area contributed by atoms with Gasteiger partial charge in [-0.15, -0.1) is 0 Å². The van der Waals surface area contributed by atoms with E-state index in [2.05, 4.69) is 22.3 Å². The number of ether oxygens (including phenoxy) is 2. The minimum absolute atomic E-state index is 0.0395. The van der Waals surface area contributed by atoms with Crippen LogP contribution in [0.2, 0.25) is 0 Å². The first-order valence-corrected chi connectivity index (χ1v) is 9.16. The van der Waals surface area contributed by atoms with Crippen molar-refractivity contribution in [1.82, 2.24) is 10.2 Å². The van der Waals surface area contributed by atoms with Crippen LogP contribution in [0.15, 0.2) is 48.5 Å². The van der Waals surface area contributed by atoms with Gasteiger partial charge in [-0.1, -0.05) is 43.3 Å². The monoisotopic (exact) mass is 370 g/mol. The minimum Gasteiger partial charge on any atom is -0.493 e. The molecule has 1 amide bonds. The summed E-state index contributed by atoms with van der Waals surface area (Å²) in [5.74, 6) is 1.36. The normalized spacial score (nSPS) is 13.1. The number of hydrogen-bond donors (Lipinski definition) is 1. The van der Waals surface area contributed by atoms with E-state index < -0.39 is 0 Å². The molecule has 5 heteroatoms. The van der Waals surface area contributed by atoms with Gasteiger partial charge in [0.25, 0.3) is 0 Å². The van der Waals surface area contributed by atoms with E-state index in [9.17, 15) is 4.79 Å². The standard InChI is InChI=1S/C22H30N2O3/c1-16(13-17-9-7-6-8-10-17)22(25)23-15-19(24(2)3)18-11-12-20(26-4)21(14-18)27-5/h6-12,14,16,19H,13,15H2,1-5H3,(H,23,25). The molecule has 0 aromatic heterocycles. The third kappa shape index (κ3) is 5.73. The van der Waals surface area contributed by atoms with E-state index in [1.807, 2.05) is 57.4 Å². The summed E-state index contributed by atoms with van der Waals surface area (Å²) < 4.78 is 10.7. The van der Waals surface area contributed by atoms with E-state index in [4.69, 9.17) is 9.47 Å². The summed E-state index contributed by atoms with van der Waals surface area (Å²) in [6.45, 7) is 2.49. The fourth-order valence-electron chi connectivity index (χ4n) is 3.09. The second-order valence-electron chi connectivity index (χ2n) is 6.93. The van der Waals surface area contributed by atoms with Gasteiger partial charge in [0.2, 0.25) is 5.91 Å². The maximum Gasteiger partial charge on any atom is 0.223 e. The van der Waals surface area contributed by atoms with E-state index in [1.165, 1.54) is 5.56 Å². The van der Waals surface area contributed by atoms with Crippen LogP contribution in [0.4, 0.5) is 0 Å². The number of carbonyl (C=O) groups is 1. The van der Waals surface area contributed by atoms with Gasteiger partial charge in [0, 0.05) is 12.5 Å². The maximum absolute atomic E-state index is 12.6. The zero-order valence-electron chi connectivity index (χ0n) is 16.9.